The molecule has 2 amide bonds. The van der Waals surface area contributed by atoms with E-state index in [1.807, 2.05) is 42.5 Å². The lowest BCUT2D eigenvalue weighted by molar-refractivity contribution is -0.145. The molecule has 0 saturated heterocycles. The Morgan fingerprint density at radius 1 is 0.968 bits per heavy atom. The second kappa shape index (κ2) is 9.97. The van der Waals surface area contributed by atoms with E-state index in [0.29, 0.717) is 18.6 Å². The monoisotopic (exact) mass is 426 g/mol. The van der Waals surface area contributed by atoms with Crippen LogP contribution in [0.5, 0.6) is 5.75 Å². The maximum atomic E-state index is 12.8. The fraction of sp³-hybridized carbons (Fsp3) is 0.348. The van der Waals surface area contributed by atoms with E-state index in [4.69, 9.17) is 14.2 Å². The number of esters is 1. The Hall–Kier alpha value is -3.55. The number of hydrogen-bond acceptors (Lipinski definition) is 6. The van der Waals surface area contributed by atoms with Gasteiger partial charge in [-0.05, 0) is 36.1 Å². The van der Waals surface area contributed by atoms with Crippen molar-refractivity contribution in [3.05, 3.63) is 65.7 Å². The summed E-state index contributed by atoms with van der Waals surface area (Å²) in [5.41, 5.74) is 0.605. The van der Waals surface area contributed by atoms with Crippen LogP contribution in [-0.4, -0.2) is 43.8 Å². The molecule has 0 aliphatic heterocycles. The van der Waals surface area contributed by atoms with E-state index in [2.05, 4.69) is 10.6 Å². The van der Waals surface area contributed by atoms with E-state index in [1.165, 1.54) is 7.11 Å². The summed E-state index contributed by atoms with van der Waals surface area (Å²) in [6.45, 7) is 0.104. The van der Waals surface area contributed by atoms with Crippen molar-refractivity contribution in [1.82, 2.24) is 10.6 Å². The van der Waals surface area contributed by atoms with Crippen molar-refractivity contribution >= 4 is 18.0 Å². The van der Waals surface area contributed by atoms with Crippen LogP contribution in [0, 0.1) is 0 Å². The summed E-state index contributed by atoms with van der Waals surface area (Å²) < 4.78 is 15.2. The van der Waals surface area contributed by atoms with Crippen molar-refractivity contribution in [2.45, 2.75) is 37.5 Å². The molecular formula is C23H26N2O6. The number of benzene rings is 2. The Morgan fingerprint density at radius 3 is 2.23 bits per heavy atom. The predicted octanol–water partition coefficient (Wildman–Crippen LogP) is 2.35. The molecule has 0 bridgehead atoms. The minimum Gasteiger partial charge on any atom is -0.497 e. The van der Waals surface area contributed by atoms with Crippen molar-refractivity contribution in [2.75, 3.05) is 14.2 Å². The molecule has 1 aliphatic carbocycles. The lowest BCUT2D eigenvalue weighted by atomic mass is 10.0. The highest BCUT2D eigenvalue weighted by atomic mass is 16.5. The third kappa shape index (κ3) is 5.97. The summed E-state index contributed by atoms with van der Waals surface area (Å²) in [6, 6.07) is 15.5. The maximum absolute atomic E-state index is 12.8. The predicted molar refractivity (Wildman–Crippen MR) is 112 cm³/mol. The molecule has 1 unspecified atom stereocenters. The first-order valence-electron chi connectivity index (χ1n) is 9.96. The van der Waals surface area contributed by atoms with Crippen molar-refractivity contribution in [2.24, 2.45) is 0 Å². The Kier molecular flexibility index (Phi) is 7.12. The molecule has 1 aliphatic rings. The molecule has 8 heteroatoms. The summed E-state index contributed by atoms with van der Waals surface area (Å²) in [5, 5.41) is 5.35. The van der Waals surface area contributed by atoms with Crippen LogP contribution >= 0.6 is 0 Å². The lowest BCUT2D eigenvalue weighted by Crippen LogP contribution is -2.54. The van der Waals surface area contributed by atoms with Gasteiger partial charge in [0.1, 0.15) is 23.9 Å². The van der Waals surface area contributed by atoms with E-state index in [-0.39, 0.29) is 13.0 Å². The summed E-state index contributed by atoms with van der Waals surface area (Å²) in [4.78, 5) is 37.3. The molecule has 1 fully saturated rings. The molecule has 1 atom stereocenters. The van der Waals surface area contributed by atoms with Gasteiger partial charge in [-0.1, -0.05) is 42.5 Å². The van der Waals surface area contributed by atoms with Gasteiger partial charge in [-0.2, -0.15) is 0 Å². The second-order valence-corrected chi connectivity index (χ2v) is 7.37. The molecule has 2 aromatic rings. The number of carbonyl (C=O) groups excluding carboxylic acids is 3. The van der Waals surface area contributed by atoms with Gasteiger partial charge in [-0.25, -0.2) is 9.59 Å². The van der Waals surface area contributed by atoms with Gasteiger partial charge in [-0.15, -0.1) is 0 Å². The van der Waals surface area contributed by atoms with Crippen molar-refractivity contribution < 1.29 is 28.6 Å². The highest BCUT2D eigenvalue weighted by Gasteiger charge is 2.52. The minimum absolute atomic E-state index is 0.104. The van der Waals surface area contributed by atoms with E-state index >= 15 is 0 Å². The molecule has 1 saturated carbocycles. The van der Waals surface area contributed by atoms with Crippen molar-refractivity contribution in [3.8, 4) is 5.75 Å². The highest BCUT2D eigenvalue weighted by Crippen LogP contribution is 2.36. The number of hydrogen-bond donors (Lipinski definition) is 2. The molecule has 0 spiro atoms. The van der Waals surface area contributed by atoms with Gasteiger partial charge in [0.2, 0.25) is 5.91 Å². The van der Waals surface area contributed by atoms with Crippen LogP contribution in [0.4, 0.5) is 4.79 Å². The van der Waals surface area contributed by atoms with E-state index in [9.17, 15) is 14.4 Å². The number of carbonyl (C=O) groups is 3. The zero-order valence-corrected chi connectivity index (χ0v) is 17.6. The molecule has 0 aromatic heterocycles. The average molecular weight is 426 g/mol. The molecular weight excluding hydrogens is 400 g/mol. The maximum Gasteiger partial charge on any atom is 0.408 e. The first kappa shape index (κ1) is 22.1. The first-order valence-corrected chi connectivity index (χ1v) is 9.96. The van der Waals surface area contributed by atoms with Crippen LogP contribution in [0.15, 0.2) is 54.6 Å². The van der Waals surface area contributed by atoms with Crippen LogP contribution in [0.2, 0.25) is 0 Å². The second-order valence-electron chi connectivity index (χ2n) is 7.37. The molecule has 31 heavy (non-hydrogen) atoms. The van der Waals surface area contributed by atoms with Crippen LogP contribution in [-0.2, 0) is 32.1 Å². The Morgan fingerprint density at radius 2 is 1.65 bits per heavy atom. The Bertz CT molecular complexity index is 909. The molecule has 0 radical (unpaired) electrons. The molecule has 2 aromatic carbocycles. The van der Waals surface area contributed by atoms with Gasteiger partial charge in [0.25, 0.3) is 0 Å². The summed E-state index contributed by atoms with van der Waals surface area (Å²) in [7, 11) is 2.83. The smallest absolute Gasteiger partial charge is 0.408 e. The SMILES string of the molecule is COC(=O)C(Cc1ccc(OC)cc1)NC(=O)C1(NC(=O)OCc2ccccc2)CC1. The zero-order chi connectivity index (χ0) is 22.3. The van der Waals surface area contributed by atoms with Gasteiger partial charge >= 0.3 is 12.1 Å². The fourth-order valence-electron chi connectivity index (χ4n) is 3.12. The molecule has 164 valence electrons. The quantitative estimate of drug-likeness (QED) is 0.597. The third-order valence-electron chi connectivity index (χ3n) is 5.13. The van der Waals surface area contributed by atoms with Gasteiger partial charge in [0.15, 0.2) is 0 Å². The number of nitrogens with one attached hydrogen (secondary N) is 2. The summed E-state index contributed by atoms with van der Waals surface area (Å²) in [5.74, 6) is -0.308. The Balaban J connectivity index is 1.58. The molecule has 0 heterocycles. The molecule has 8 nitrogen and oxygen atoms in total. The van der Waals surface area contributed by atoms with Gasteiger partial charge in [0, 0.05) is 6.42 Å². The lowest BCUT2D eigenvalue weighted by Gasteiger charge is -2.22. The largest absolute Gasteiger partial charge is 0.497 e. The van der Waals surface area contributed by atoms with Crippen LogP contribution in [0.3, 0.4) is 0 Å². The van der Waals surface area contributed by atoms with Crippen LogP contribution in [0.1, 0.15) is 24.0 Å². The summed E-state index contributed by atoms with van der Waals surface area (Å²) >= 11 is 0. The van der Waals surface area contributed by atoms with Crippen molar-refractivity contribution in [3.63, 3.8) is 0 Å². The molecule has 2 N–H and O–H groups in total. The third-order valence-corrected chi connectivity index (χ3v) is 5.13. The first-order chi connectivity index (χ1) is 15.0. The standard InChI is InChI=1S/C23H26N2O6/c1-29-18-10-8-16(9-11-18)14-19(20(26)30-2)24-21(27)23(12-13-23)25-22(28)31-15-17-6-4-3-5-7-17/h3-11,19H,12-15H2,1-2H3,(H,24,27)(H,25,28). The van der Waals surface area contributed by atoms with Gasteiger partial charge in [0.05, 0.1) is 14.2 Å². The van der Waals surface area contributed by atoms with Crippen LogP contribution in [0.25, 0.3) is 0 Å². The highest BCUT2D eigenvalue weighted by molar-refractivity contribution is 5.95. The van der Waals surface area contributed by atoms with Gasteiger partial charge in [-0.3, -0.25) is 4.79 Å². The van der Waals surface area contributed by atoms with E-state index in [1.54, 1.807) is 19.2 Å². The van der Waals surface area contributed by atoms with Gasteiger partial charge < -0.3 is 24.8 Å². The number of methoxy groups -OCH3 is 2. The average Bonchev–Trinajstić information content (AvgIpc) is 3.58. The van der Waals surface area contributed by atoms with Crippen molar-refractivity contribution in [1.29, 1.82) is 0 Å². The van der Waals surface area contributed by atoms with Crippen LogP contribution < -0.4 is 15.4 Å². The fourth-order valence-corrected chi connectivity index (χ4v) is 3.12. The summed E-state index contributed by atoms with van der Waals surface area (Å²) in [6.07, 6.45) is 0.504. The number of alkyl carbamates (subject to hydrolysis) is 1. The zero-order valence-electron chi connectivity index (χ0n) is 17.6. The number of amides is 2. The van der Waals surface area contributed by atoms with E-state index in [0.717, 1.165) is 11.1 Å². The Labute approximate surface area is 180 Å². The normalized spacial score (nSPS) is 14.6. The number of rotatable bonds is 9. The van der Waals surface area contributed by atoms with E-state index < -0.39 is 29.6 Å². The topological polar surface area (TPSA) is 103 Å². The minimum atomic E-state index is -1.07. The molecule has 3 rings (SSSR count). The number of ether oxygens (including phenoxy) is 3.